The molecule has 0 saturated carbocycles. The normalized spacial score (nSPS) is 29.9. The van der Waals surface area contributed by atoms with E-state index >= 15 is 24.0 Å². The van der Waals surface area contributed by atoms with Gasteiger partial charge in [-0.25, -0.2) is 4.79 Å². The number of primary amides is 1. The fourth-order valence-corrected chi connectivity index (χ4v) is 17.5. The molecule has 22 N–H and O–H groups in total. The van der Waals surface area contributed by atoms with Crippen molar-refractivity contribution in [3.05, 3.63) is 163 Å². The van der Waals surface area contributed by atoms with Crippen LogP contribution < -0.4 is 68.2 Å². The number of nitrogens with one attached hydrogen (secondary N) is 8. The number of hydrogen-bond acceptors (Lipinski definition) is 29. The van der Waals surface area contributed by atoms with Crippen molar-refractivity contribution in [2.75, 3.05) is 13.7 Å². The van der Waals surface area contributed by atoms with Crippen molar-refractivity contribution in [3.8, 4) is 67.6 Å². The van der Waals surface area contributed by atoms with Crippen molar-refractivity contribution in [2.24, 2.45) is 17.4 Å². The number of benzene rings is 6. The van der Waals surface area contributed by atoms with Crippen molar-refractivity contribution in [2.45, 2.75) is 207 Å². The van der Waals surface area contributed by atoms with Gasteiger partial charge in [-0.05, 0) is 154 Å². The highest BCUT2D eigenvalue weighted by Gasteiger charge is 2.53. The van der Waals surface area contributed by atoms with Crippen LogP contribution in [0.2, 0.25) is 15.1 Å². The molecule has 11 bridgehead atoms. The summed E-state index contributed by atoms with van der Waals surface area (Å²) in [5, 5.41) is 138. The van der Waals surface area contributed by atoms with Crippen LogP contribution in [0.25, 0.3) is 21.6 Å². The highest BCUT2D eigenvalue weighted by atomic mass is 35.5. The molecule has 0 aliphatic carbocycles. The molecule has 36 nitrogen and oxygen atoms in total. The van der Waals surface area contributed by atoms with Gasteiger partial charge >= 0.3 is 5.97 Å². The molecule has 9 heterocycles. The summed E-state index contributed by atoms with van der Waals surface area (Å²) >= 11 is 22.3. The van der Waals surface area contributed by atoms with Gasteiger partial charge in [-0.15, -0.1) is 11.3 Å². The number of hydrogen-bond donors (Lipinski definition) is 20. The van der Waals surface area contributed by atoms with Gasteiger partial charge in [-0.2, -0.15) is 0 Å². The van der Waals surface area contributed by atoms with E-state index in [1.807, 2.05) is 38.1 Å². The Hall–Kier alpha value is -10.1. The molecular weight excluding hydrogens is 1700 g/mol. The summed E-state index contributed by atoms with van der Waals surface area (Å²) in [5.74, 6) is -16.1. The summed E-state index contributed by atoms with van der Waals surface area (Å²) in [7, 11) is 1.48. The lowest BCUT2D eigenvalue weighted by Crippen LogP contribution is -2.65. The zero-order valence-electron chi connectivity index (χ0n) is 67.5. The number of phenolic OH excluding ortho intramolecular Hbond substituents is 3. The number of aliphatic hydroxyl groups excluding tert-OH is 6. The van der Waals surface area contributed by atoms with E-state index in [1.165, 1.54) is 62.6 Å². The van der Waals surface area contributed by atoms with Gasteiger partial charge < -0.3 is 143 Å². The quantitative estimate of drug-likeness (QED) is 0.0528. The number of carboxylic acid groups (broad SMARTS) is 1. The third-order valence-electron chi connectivity index (χ3n) is 22.6. The summed E-state index contributed by atoms with van der Waals surface area (Å²) in [6, 6.07) is 10.7. The van der Waals surface area contributed by atoms with Crippen LogP contribution in [0.3, 0.4) is 0 Å². The Kier molecular flexibility index (Phi) is 27.8. The van der Waals surface area contributed by atoms with Crippen molar-refractivity contribution in [3.63, 3.8) is 0 Å². The molecule has 8 aliphatic rings. The Bertz CT molecular complexity index is 5230. The van der Waals surface area contributed by atoms with Gasteiger partial charge in [0, 0.05) is 68.0 Å². The maximum absolute atomic E-state index is 16.6. The molecule has 0 spiro atoms. The lowest BCUT2D eigenvalue weighted by molar-refractivity contribution is -0.334. The van der Waals surface area contributed by atoms with Crippen LogP contribution in [-0.2, 0) is 68.6 Å². The van der Waals surface area contributed by atoms with Gasteiger partial charge in [-0.1, -0.05) is 79.0 Å². The summed E-state index contributed by atoms with van der Waals surface area (Å²) in [4.78, 5) is 123. The number of aliphatic carboxylic acids is 1. The standard InChI is InChI=1S/C84H95Cl3N10O26S/c1-33(2)20-48(90-7)75(108)96-65-67(103)38-11-17-52(46(86)22-38)118-54-24-40-25-55(71(54)123-82-72(69(105)68(104)56(32-98)120-82)122-60-30-84(6,74(107)35(4)117-60)91-31-43-15-19-57(124-43)36-8-13-41(85)14-9-36)119-53-18-12-39(23-47(53)87)70(121-59-29-83(5,89)73(106)34(3)116-59)66-80(113)95-64(81(114)115)45-26-42(99)27-51(101)61(45)44-21-37(10-16-50(44)100)62(77(110)97-66)94-78(111)63(40)93-76(109)49(28-58(88)102)92-79(65)112/h8-19,21-27,33-35,48-49,56,59-60,62-70,72-74,82,90-91,98-101,103-107H,20,28-32,89H2,1-7H3,(H2,88,102)(H,92,112)(H,93,109)(H,94,111)(H,95,113)(H,96,108)(H,97,110)(H,114,115)/t34-,35-,48+,49-,56+,59-,60-,62+,63+,64-,65+,66-,67+,68+,69-,70+,72+,73-,74-,82-,83-,84-/m0/s1. The van der Waals surface area contributed by atoms with Crippen LogP contribution in [0.5, 0.6) is 46.0 Å². The zero-order chi connectivity index (χ0) is 89.6. The highest BCUT2D eigenvalue weighted by Crippen LogP contribution is 2.51. The Morgan fingerprint density at radius 3 is 1.91 bits per heavy atom. The van der Waals surface area contributed by atoms with E-state index in [4.69, 9.17) is 84.2 Å². The topological polar surface area (TPSA) is 561 Å². The number of rotatable bonds is 19. The van der Waals surface area contributed by atoms with E-state index in [2.05, 4.69) is 42.5 Å². The van der Waals surface area contributed by atoms with Crippen LogP contribution >= 0.6 is 46.1 Å². The average molecular weight is 1800 g/mol. The van der Waals surface area contributed by atoms with Crippen molar-refractivity contribution < 1.29 is 127 Å². The van der Waals surface area contributed by atoms with Gasteiger partial charge in [0.15, 0.2) is 36.2 Å². The third-order valence-corrected chi connectivity index (χ3v) is 24.5. The first-order valence-corrected chi connectivity index (χ1v) is 41.5. The number of ether oxygens (including phenoxy) is 8. The van der Waals surface area contributed by atoms with Crippen LogP contribution in [0.15, 0.2) is 115 Å². The summed E-state index contributed by atoms with van der Waals surface area (Å²) in [5.41, 5.74) is 7.90. The molecule has 3 saturated heterocycles. The van der Waals surface area contributed by atoms with Crippen LogP contribution in [0.1, 0.15) is 130 Å². The number of aromatic hydroxyl groups is 3. The number of amides is 7. The first-order valence-electron chi connectivity index (χ1n) is 39.6. The van der Waals surface area contributed by atoms with E-state index in [0.29, 0.717) is 5.02 Å². The summed E-state index contributed by atoms with van der Waals surface area (Å²) < 4.78 is 52.9. The second-order valence-corrected chi connectivity index (χ2v) is 34.7. The molecular formula is C84H95Cl3N10O26S. The number of thiophene rings is 1. The number of nitrogens with two attached hydrogens (primary N) is 2. The number of fused-ring (bicyclic) bond motifs is 15. The van der Waals surface area contributed by atoms with E-state index in [-0.39, 0.29) is 59.2 Å². The van der Waals surface area contributed by atoms with E-state index in [1.54, 1.807) is 26.0 Å². The molecule has 7 amide bonds. The Labute approximate surface area is 728 Å². The molecule has 1 aromatic heterocycles. The molecule has 8 aliphatic heterocycles. The number of likely N-dealkylation sites (N-methyl/N-ethyl adjacent to an activating group) is 1. The SMILES string of the molecule is CN[C@H](CC(C)C)C(=O)N[C@H]1C(=O)N[C@@H](CC(N)=O)C(=O)N[C@H]2C(=O)N[C@H]3C(=O)N[C@H](C(=O)N[C@H](C(=O)O)c4cc(O)cc(O)c4-c4cc3ccc4O)[C@H](O[C@H]3C[C@](C)(N)[C@@H](O)[C@H](C)O3)c3ccc(c(Cl)c3)Oc3cc2cc(c3O[C@@H]2O[C@H](CO)[C@@H](O)[C@H](O)[C@H]2O[C@H]2C[C@](C)(NCc3ccc(-c4ccc(Cl)cc4)s3)[C@@H](O)[C@H](C)O2)Oc2ccc(cc2Cl)[C@H]1O. The van der Waals surface area contributed by atoms with E-state index in [9.17, 15) is 65.4 Å². The summed E-state index contributed by atoms with van der Waals surface area (Å²) in [6.45, 7) is 9.10. The number of carbonyl (C=O) groups excluding carboxylic acids is 7. The van der Waals surface area contributed by atoms with Gasteiger partial charge in [0.25, 0.3) is 0 Å². The van der Waals surface area contributed by atoms with Gasteiger partial charge in [0.1, 0.15) is 89.5 Å². The monoisotopic (exact) mass is 1800 g/mol. The second-order valence-electron chi connectivity index (χ2n) is 32.3. The minimum atomic E-state index is -2.40. The minimum absolute atomic E-state index is 0.119. The number of carboxylic acids is 1. The largest absolute Gasteiger partial charge is 0.508 e. The first kappa shape index (κ1) is 91.6. The maximum Gasteiger partial charge on any atom is 0.330 e. The van der Waals surface area contributed by atoms with Crippen LogP contribution in [-0.4, -0.2) is 215 Å². The number of carbonyl (C=O) groups is 8. The number of aliphatic hydroxyl groups is 6. The van der Waals surface area contributed by atoms with Crippen LogP contribution in [0, 0.1) is 5.92 Å². The Morgan fingerprint density at radius 2 is 1.28 bits per heavy atom. The Morgan fingerprint density at radius 1 is 0.661 bits per heavy atom. The molecule has 40 heteroatoms. The van der Waals surface area contributed by atoms with Gasteiger partial charge in [0.2, 0.25) is 53.4 Å². The van der Waals surface area contributed by atoms with E-state index < -0.39 is 261 Å². The van der Waals surface area contributed by atoms with Crippen LogP contribution in [0.4, 0.5) is 0 Å². The fourth-order valence-electron chi connectivity index (χ4n) is 15.9. The average Bonchev–Trinajstić information content (AvgIpc) is 0.979. The Balaban J connectivity index is 1.02. The molecule has 7 aromatic rings. The second kappa shape index (κ2) is 37.6. The minimum Gasteiger partial charge on any atom is -0.508 e. The fraction of sp³-hybridized carbons (Fsp3) is 0.429. The zero-order valence-corrected chi connectivity index (χ0v) is 70.6. The van der Waals surface area contributed by atoms with E-state index in [0.717, 1.165) is 63.8 Å². The molecule has 3 fully saturated rings. The molecule has 124 heavy (non-hydrogen) atoms. The molecule has 22 atom stereocenters. The third kappa shape index (κ3) is 19.8. The number of phenols is 3. The van der Waals surface area contributed by atoms with Crippen molar-refractivity contribution in [1.82, 2.24) is 42.5 Å². The highest BCUT2D eigenvalue weighted by molar-refractivity contribution is 7.15. The lowest BCUT2D eigenvalue weighted by atomic mass is 9.85. The molecule has 15 rings (SSSR count). The molecule has 6 aromatic carbocycles. The van der Waals surface area contributed by atoms with Gasteiger partial charge in [-0.3, -0.25) is 33.6 Å². The van der Waals surface area contributed by atoms with Gasteiger partial charge in [0.05, 0.1) is 53.5 Å². The predicted molar refractivity (Wildman–Crippen MR) is 443 cm³/mol. The molecule has 664 valence electrons. The molecule has 0 unspecified atom stereocenters. The lowest BCUT2D eigenvalue weighted by Gasteiger charge is -2.48. The van der Waals surface area contributed by atoms with Crippen molar-refractivity contribution in [1.29, 1.82) is 0 Å². The number of halogens is 3. The summed E-state index contributed by atoms with van der Waals surface area (Å²) in [6.07, 6.45) is -22.9. The van der Waals surface area contributed by atoms with Crippen molar-refractivity contribution >= 4 is 93.5 Å². The smallest absolute Gasteiger partial charge is 0.330 e. The maximum atomic E-state index is 16.6. The molecule has 0 radical (unpaired) electrons. The predicted octanol–water partition coefficient (Wildman–Crippen LogP) is 4.56. The first-order chi connectivity index (χ1) is 58.7.